The largest absolute Gasteiger partial charge is 0.490 e. The molecule has 0 saturated heterocycles. The van der Waals surface area contributed by atoms with Crippen LogP contribution in [0.4, 0.5) is 5.69 Å². The molecule has 7 heteroatoms. The molecule has 0 heterocycles. The summed E-state index contributed by atoms with van der Waals surface area (Å²) in [6, 6.07) is 18.2. The maximum absolute atomic E-state index is 12.3. The molecule has 0 bridgehead atoms. The van der Waals surface area contributed by atoms with Crippen LogP contribution in [-0.2, 0) is 11.4 Å². The van der Waals surface area contributed by atoms with Crippen molar-refractivity contribution in [2.45, 2.75) is 13.5 Å². The van der Waals surface area contributed by atoms with Gasteiger partial charge >= 0.3 is 0 Å². The van der Waals surface area contributed by atoms with Crippen molar-refractivity contribution < 1.29 is 14.3 Å². The van der Waals surface area contributed by atoms with Gasteiger partial charge in [-0.15, -0.1) is 0 Å². The van der Waals surface area contributed by atoms with Crippen LogP contribution in [0, 0.1) is 0 Å². The van der Waals surface area contributed by atoms with Crippen LogP contribution in [0.3, 0.4) is 0 Å². The third-order valence-corrected chi connectivity index (χ3v) is 5.51. The van der Waals surface area contributed by atoms with Gasteiger partial charge in [0, 0.05) is 16.7 Å². The van der Waals surface area contributed by atoms with Crippen LogP contribution in [0.25, 0.3) is 6.08 Å². The predicted octanol–water partition coefficient (Wildman–Crippen LogP) is 7.39. The second-order valence-corrected chi connectivity index (χ2v) is 8.11. The summed E-state index contributed by atoms with van der Waals surface area (Å²) in [5.41, 5.74) is 2.20. The van der Waals surface area contributed by atoms with E-state index < -0.39 is 0 Å². The second kappa shape index (κ2) is 11.2. The third-order valence-electron chi connectivity index (χ3n) is 4.22. The average Bonchev–Trinajstić information content (AvgIpc) is 2.75. The van der Waals surface area contributed by atoms with E-state index in [1.54, 1.807) is 30.3 Å². The lowest BCUT2D eigenvalue weighted by Crippen LogP contribution is -2.08. The lowest BCUT2D eigenvalue weighted by molar-refractivity contribution is -0.111. The van der Waals surface area contributed by atoms with E-state index in [9.17, 15) is 4.79 Å². The van der Waals surface area contributed by atoms with E-state index in [-0.39, 0.29) is 5.91 Å². The van der Waals surface area contributed by atoms with Crippen molar-refractivity contribution in [2.75, 3.05) is 11.9 Å². The van der Waals surface area contributed by atoms with Gasteiger partial charge in [-0.3, -0.25) is 4.79 Å². The SMILES string of the molecule is CCOc1cc(/C=C/C(=O)Nc2ccccc2Cl)cc(Br)c1OCc1ccccc1Cl. The monoisotopic (exact) mass is 519 g/mol. The topological polar surface area (TPSA) is 47.6 Å². The van der Waals surface area contributed by atoms with E-state index in [0.29, 0.717) is 44.9 Å². The summed E-state index contributed by atoms with van der Waals surface area (Å²) in [5.74, 6) is 0.843. The summed E-state index contributed by atoms with van der Waals surface area (Å²) in [7, 11) is 0. The zero-order chi connectivity index (χ0) is 22.2. The molecule has 0 aromatic heterocycles. The molecule has 4 nitrogen and oxygen atoms in total. The Balaban J connectivity index is 1.76. The molecule has 0 aliphatic rings. The molecule has 1 N–H and O–H groups in total. The number of carbonyl (C=O) groups excluding carboxylic acids is 1. The van der Waals surface area contributed by atoms with Crippen LogP contribution in [0.1, 0.15) is 18.1 Å². The molecular formula is C24H20BrCl2NO3. The van der Waals surface area contributed by atoms with Gasteiger partial charge in [-0.05, 0) is 64.8 Å². The van der Waals surface area contributed by atoms with Gasteiger partial charge in [0.1, 0.15) is 6.61 Å². The molecular weight excluding hydrogens is 501 g/mol. The van der Waals surface area contributed by atoms with Crippen molar-refractivity contribution in [1.29, 1.82) is 0 Å². The number of ether oxygens (including phenoxy) is 2. The molecule has 3 aromatic rings. The molecule has 0 radical (unpaired) electrons. The number of nitrogens with one attached hydrogen (secondary N) is 1. The molecule has 3 rings (SSSR count). The van der Waals surface area contributed by atoms with E-state index in [1.165, 1.54) is 6.08 Å². The van der Waals surface area contributed by atoms with E-state index in [1.807, 2.05) is 43.3 Å². The van der Waals surface area contributed by atoms with E-state index >= 15 is 0 Å². The lowest BCUT2D eigenvalue weighted by Gasteiger charge is -2.15. The molecule has 0 spiro atoms. The van der Waals surface area contributed by atoms with Crippen LogP contribution in [-0.4, -0.2) is 12.5 Å². The van der Waals surface area contributed by atoms with E-state index in [2.05, 4.69) is 21.2 Å². The Morgan fingerprint density at radius 3 is 2.45 bits per heavy atom. The smallest absolute Gasteiger partial charge is 0.248 e. The van der Waals surface area contributed by atoms with Crippen LogP contribution in [0.15, 0.2) is 71.2 Å². The number of para-hydroxylation sites is 1. The molecule has 0 aliphatic carbocycles. The Morgan fingerprint density at radius 1 is 1.03 bits per heavy atom. The average molecular weight is 521 g/mol. The number of halogens is 3. The number of rotatable bonds is 8. The van der Waals surface area contributed by atoms with Crippen molar-refractivity contribution in [2.24, 2.45) is 0 Å². The highest BCUT2D eigenvalue weighted by Crippen LogP contribution is 2.38. The zero-order valence-corrected chi connectivity index (χ0v) is 19.8. The summed E-state index contributed by atoms with van der Waals surface area (Å²) in [6.07, 6.45) is 3.13. The minimum Gasteiger partial charge on any atom is -0.490 e. The van der Waals surface area contributed by atoms with Crippen molar-refractivity contribution in [3.05, 3.63) is 92.4 Å². The summed E-state index contributed by atoms with van der Waals surface area (Å²) in [5, 5.41) is 3.87. The highest BCUT2D eigenvalue weighted by molar-refractivity contribution is 9.10. The Morgan fingerprint density at radius 2 is 1.74 bits per heavy atom. The number of benzene rings is 3. The number of anilines is 1. The van der Waals surface area contributed by atoms with Gasteiger partial charge in [0.15, 0.2) is 11.5 Å². The standard InChI is InChI=1S/C24H20BrCl2NO3/c1-2-30-22-14-16(11-12-23(29)28-21-10-6-5-9-20(21)27)13-18(25)24(22)31-15-17-7-3-4-8-19(17)26/h3-14H,2,15H2,1H3,(H,28,29)/b12-11+. The maximum Gasteiger partial charge on any atom is 0.248 e. The molecule has 31 heavy (non-hydrogen) atoms. The number of hydrogen-bond donors (Lipinski definition) is 1. The van der Waals surface area contributed by atoms with Crippen LogP contribution in [0.5, 0.6) is 11.5 Å². The van der Waals surface area contributed by atoms with E-state index in [0.717, 1.165) is 11.1 Å². The molecule has 1 amide bonds. The summed E-state index contributed by atoms with van der Waals surface area (Å²) in [4.78, 5) is 12.3. The predicted molar refractivity (Wildman–Crippen MR) is 130 cm³/mol. The zero-order valence-electron chi connectivity index (χ0n) is 16.7. The fourth-order valence-corrected chi connectivity index (χ4v) is 3.71. The van der Waals surface area contributed by atoms with Crippen molar-refractivity contribution in [1.82, 2.24) is 0 Å². The van der Waals surface area contributed by atoms with E-state index in [4.69, 9.17) is 32.7 Å². The van der Waals surface area contributed by atoms with Crippen LogP contribution < -0.4 is 14.8 Å². The Labute approximate surface area is 199 Å². The molecule has 0 fully saturated rings. The fraction of sp³-hybridized carbons (Fsp3) is 0.125. The first-order valence-corrected chi connectivity index (χ1v) is 11.1. The highest BCUT2D eigenvalue weighted by atomic mass is 79.9. The normalized spacial score (nSPS) is 10.8. The highest BCUT2D eigenvalue weighted by Gasteiger charge is 2.13. The van der Waals surface area contributed by atoms with Crippen LogP contribution >= 0.6 is 39.1 Å². The van der Waals surface area contributed by atoms with Gasteiger partial charge in [0.05, 0.1) is 21.8 Å². The van der Waals surface area contributed by atoms with Crippen LogP contribution in [0.2, 0.25) is 10.0 Å². The first kappa shape index (κ1) is 23.2. The number of carbonyl (C=O) groups is 1. The van der Waals surface area contributed by atoms with Gasteiger partial charge in [-0.25, -0.2) is 0 Å². The number of hydrogen-bond acceptors (Lipinski definition) is 3. The molecule has 3 aromatic carbocycles. The minimum absolute atomic E-state index is 0.291. The molecule has 0 atom stereocenters. The Kier molecular flexibility index (Phi) is 8.41. The second-order valence-electron chi connectivity index (χ2n) is 6.45. The van der Waals surface area contributed by atoms with Gasteiger partial charge in [0.2, 0.25) is 5.91 Å². The summed E-state index contributed by atoms with van der Waals surface area (Å²) < 4.78 is 12.4. The minimum atomic E-state index is -0.291. The molecule has 0 saturated carbocycles. The Hall–Kier alpha value is -2.47. The summed E-state index contributed by atoms with van der Waals surface area (Å²) >= 11 is 15.8. The summed E-state index contributed by atoms with van der Waals surface area (Å²) in [6.45, 7) is 2.66. The first-order chi connectivity index (χ1) is 15.0. The quantitative estimate of drug-likeness (QED) is 0.315. The molecule has 0 aliphatic heterocycles. The maximum atomic E-state index is 12.3. The number of amides is 1. The van der Waals surface area contributed by atoms with Crippen molar-refractivity contribution in [3.8, 4) is 11.5 Å². The molecule has 160 valence electrons. The van der Waals surface area contributed by atoms with Crippen molar-refractivity contribution in [3.63, 3.8) is 0 Å². The van der Waals surface area contributed by atoms with Gasteiger partial charge in [-0.2, -0.15) is 0 Å². The van der Waals surface area contributed by atoms with Gasteiger partial charge in [-0.1, -0.05) is 53.5 Å². The molecule has 0 unspecified atom stereocenters. The van der Waals surface area contributed by atoms with Gasteiger partial charge in [0.25, 0.3) is 0 Å². The lowest BCUT2D eigenvalue weighted by atomic mass is 10.1. The Bertz CT molecular complexity index is 1100. The van der Waals surface area contributed by atoms with Crippen molar-refractivity contribution >= 4 is 56.8 Å². The van der Waals surface area contributed by atoms with Gasteiger partial charge < -0.3 is 14.8 Å². The third kappa shape index (κ3) is 6.50. The fourth-order valence-electron chi connectivity index (χ4n) is 2.76. The first-order valence-electron chi connectivity index (χ1n) is 9.54.